The van der Waals surface area contributed by atoms with E-state index in [0.29, 0.717) is 22.3 Å². The summed E-state index contributed by atoms with van der Waals surface area (Å²) in [6.45, 7) is 5.81. The van der Waals surface area contributed by atoms with Gasteiger partial charge in [0.05, 0.1) is 5.39 Å². The number of fused-ring (bicyclic) bond motifs is 1. The van der Waals surface area contributed by atoms with Gasteiger partial charge in [-0.2, -0.15) is 4.68 Å². The second-order valence-electron chi connectivity index (χ2n) is 7.32. The zero-order valence-electron chi connectivity index (χ0n) is 17.0. The molecule has 1 N–H and O–H groups in total. The average Bonchev–Trinajstić information content (AvgIpc) is 3.15. The summed E-state index contributed by atoms with van der Waals surface area (Å²) in [5.74, 6) is -0.281. The molecular weight excluding hydrogens is 396 g/mol. The molecule has 6 nitrogen and oxygen atoms in total. The zero-order chi connectivity index (χ0) is 21.3. The third kappa shape index (κ3) is 3.89. The highest BCUT2D eigenvalue weighted by atomic mass is 32.1. The van der Waals surface area contributed by atoms with E-state index in [1.807, 2.05) is 75.4 Å². The average molecular weight is 419 g/mol. The van der Waals surface area contributed by atoms with Gasteiger partial charge in [0, 0.05) is 10.6 Å². The van der Waals surface area contributed by atoms with Crippen LogP contribution in [0.25, 0.3) is 20.7 Å². The molecule has 0 fully saturated rings. The first-order valence-corrected chi connectivity index (χ1v) is 10.6. The van der Waals surface area contributed by atoms with Crippen LogP contribution in [0.1, 0.15) is 30.5 Å². The van der Waals surface area contributed by atoms with Gasteiger partial charge in [-0.25, -0.2) is 0 Å². The Morgan fingerprint density at radius 2 is 1.80 bits per heavy atom. The maximum absolute atomic E-state index is 13.1. The Morgan fingerprint density at radius 3 is 2.47 bits per heavy atom. The molecule has 0 saturated heterocycles. The fraction of sp³-hybridized carbons (Fsp3) is 0.217. The molecule has 4 rings (SSSR count). The maximum atomic E-state index is 13.1. The summed E-state index contributed by atoms with van der Waals surface area (Å²) in [4.78, 5) is 27.6. The Hall–Kier alpha value is -3.32. The molecule has 1 amide bonds. The normalized spacial score (nSPS) is 12.1. The van der Waals surface area contributed by atoms with Gasteiger partial charge in [0.25, 0.3) is 5.56 Å². The highest BCUT2D eigenvalue weighted by molar-refractivity contribution is 7.21. The molecule has 0 radical (unpaired) electrons. The molecule has 30 heavy (non-hydrogen) atoms. The second kappa shape index (κ2) is 8.20. The van der Waals surface area contributed by atoms with Crippen LogP contribution in [-0.2, 0) is 4.79 Å². The van der Waals surface area contributed by atoms with E-state index in [1.54, 1.807) is 0 Å². The predicted octanol–water partition coefficient (Wildman–Crippen LogP) is 4.73. The van der Waals surface area contributed by atoms with Crippen molar-refractivity contribution < 1.29 is 4.79 Å². The van der Waals surface area contributed by atoms with E-state index in [4.69, 9.17) is 0 Å². The van der Waals surface area contributed by atoms with E-state index >= 15 is 0 Å². The van der Waals surface area contributed by atoms with Crippen LogP contribution in [0, 0.1) is 13.8 Å². The largest absolute Gasteiger partial charge is 0.324 e. The lowest BCUT2D eigenvalue weighted by molar-refractivity contribution is -0.119. The molecule has 2 aromatic heterocycles. The molecule has 4 aromatic rings. The zero-order valence-corrected chi connectivity index (χ0v) is 17.9. The van der Waals surface area contributed by atoms with Gasteiger partial charge in [0.15, 0.2) is 4.83 Å². The van der Waals surface area contributed by atoms with Crippen LogP contribution in [0.5, 0.6) is 0 Å². The number of aryl methyl sites for hydroxylation is 2. The number of anilines is 1. The van der Waals surface area contributed by atoms with Gasteiger partial charge >= 0.3 is 0 Å². The lowest BCUT2D eigenvalue weighted by Gasteiger charge is -2.16. The second-order valence-corrected chi connectivity index (χ2v) is 8.36. The van der Waals surface area contributed by atoms with Gasteiger partial charge in [-0.1, -0.05) is 48.5 Å². The SMILES string of the molecule is CCC(C(=O)Nc1cc(C)cc(C)c1)n1nnc2sc(-c3ccccc3)cc2c1=O. The minimum atomic E-state index is -0.740. The maximum Gasteiger partial charge on any atom is 0.279 e. The number of amides is 1. The van der Waals surface area contributed by atoms with E-state index in [-0.39, 0.29) is 11.5 Å². The number of thiophene rings is 1. The van der Waals surface area contributed by atoms with Gasteiger partial charge < -0.3 is 5.32 Å². The first kappa shape index (κ1) is 20.0. The lowest BCUT2D eigenvalue weighted by Crippen LogP contribution is -2.35. The van der Waals surface area contributed by atoms with E-state index in [2.05, 4.69) is 15.6 Å². The van der Waals surface area contributed by atoms with Gasteiger partial charge in [-0.05, 0) is 55.2 Å². The quantitative estimate of drug-likeness (QED) is 0.508. The Bertz CT molecular complexity index is 1260. The van der Waals surface area contributed by atoms with Crippen LogP contribution < -0.4 is 10.9 Å². The molecule has 0 aliphatic carbocycles. The highest BCUT2D eigenvalue weighted by Crippen LogP contribution is 2.30. The van der Waals surface area contributed by atoms with Gasteiger partial charge in [0.2, 0.25) is 5.91 Å². The van der Waals surface area contributed by atoms with Crippen LogP contribution in [0.3, 0.4) is 0 Å². The first-order chi connectivity index (χ1) is 14.5. The number of benzene rings is 2. The fourth-order valence-electron chi connectivity index (χ4n) is 3.55. The predicted molar refractivity (Wildman–Crippen MR) is 121 cm³/mol. The number of nitrogens with zero attached hydrogens (tertiary/aromatic N) is 3. The van der Waals surface area contributed by atoms with Crippen molar-refractivity contribution in [2.24, 2.45) is 0 Å². The Balaban J connectivity index is 1.68. The van der Waals surface area contributed by atoms with Crippen molar-refractivity contribution in [1.82, 2.24) is 15.0 Å². The standard InChI is InChI=1S/C23H22N4O2S/c1-4-19(21(28)24-17-11-14(2)10-15(3)12-17)27-23(29)18-13-20(30-22(18)25-26-27)16-8-6-5-7-9-16/h5-13,19H,4H2,1-3H3,(H,24,28). The molecule has 0 aliphatic heterocycles. The van der Waals surface area contributed by atoms with E-state index in [0.717, 1.165) is 21.6 Å². The van der Waals surface area contributed by atoms with Crippen molar-refractivity contribution in [2.45, 2.75) is 33.2 Å². The third-order valence-electron chi connectivity index (χ3n) is 4.91. The lowest BCUT2D eigenvalue weighted by atomic mass is 10.1. The number of hydrogen-bond acceptors (Lipinski definition) is 5. The van der Waals surface area contributed by atoms with E-state index in [9.17, 15) is 9.59 Å². The van der Waals surface area contributed by atoms with E-state index < -0.39 is 6.04 Å². The van der Waals surface area contributed by atoms with Crippen molar-refractivity contribution in [2.75, 3.05) is 5.32 Å². The minimum Gasteiger partial charge on any atom is -0.324 e. The first-order valence-electron chi connectivity index (χ1n) is 9.80. The number of hydrogen-bond donors (Lipinski definition) is 1. The molecule has 2 aromatic carbocycles. The van der Waals surface area contributed by atoms with Crippen molar-refractivity contribution in [3.63, 3.8) is 0 Å². The Labute approximate surface area is 178 Å². The Morgan fingerprint density at radius 1 is 1.10 bits per heavy atom. The number of nitrogens with one attached hydrogen (secondary N) is 1. The van der Waals surface area contributed by atoms with Crippen LogP contribution in [0.2, 0.25) is 0 Å². The van der Waals surface area contributed by atoms with Gasteiger partial charge in [-0.3, -0.25) is 9.59 Å². The molecule has 0 bridgehead atoms. The summed E-state index contributed by atoms with van der Waals surface area (Å²) in [7, 11) is 0. The van der Waals surface area contributed by atoms with Crippen LogP contribution >= 0.6 is 11.3 Å². The van der Waals surface area contributed by atoms with Crippen molar-refractivity contribution >= 4 is 33.1 Å². The number of carbonyl (C=O) groups excluding carboxylic acids is 1. The summed E-state index contributed by atoms with van der Waals surface area (Å²) in [6.07, 6.45) is 0.423. The summed E-state index contributed by atoms with van der Waals surface area (Å²) in [5.41, 5.74) is 3.54. The van der Waals surface area contributed by atoms with Crippen LogP contribution in [-0.4, -0.2) is 20.9 Å². The van der Waals surface area contributed by atoms with Crippen LogP contribution in [0.4, 0.5) is 5.69 Å². The molecule has 0 spiro atoms. The molecule has 7 heteroatoms. The molecule has 152 valence electrons. The number of carbonyl (C=O) groups is 1. The molecule has 0 aliphatic rings. The number of aromatic nitrogens is 3. The van der Waals surface area contributed by atoms with Crippen molar-refractivity contribution in [3.05, 3.63) is 76.1 Å². The molecular formula is C23H22N4O2S. The van der Waals surface area contributed by atoms with Gasteiger partial charge in [-0.15, -0.1) is 16.4 Å². The van der Waals surface area contributed by atoms with Crippen LogP contribution in [0.15, 0.2) is 59.4 Å². The van der Waals surface area contributed by atoms with Crippen molar-refractivity contribution in [1.29, 1.82) is 0 Å². The topological polar surface area (TPSA) is 76.9 Å². The monoisotopic (exact) mass is 418 g/mol. The minimum absolute atomic E-state index is 0.281. The highest BCUT2D eigenvalue weighted by Gasteiger charge is 2.23. The summed E-state index contributed by atoms with van der Waals surface area (Å²) in [5, 5.41) is 11.7. The van der Waals surface area contributed by atoms with E-state index in [1.165, 1.54) is 16.0 Å². The molecule has 1 unspecified atom stereocenters. The summed E-state index contributed by atoms with van der Waals surface area (Å²) < 4.78 is 1.20. The van der Waals surface area contributed by atoms with Crippen molar-refractivity contribution in [3.8, 4) is 10.4 Å². The molecule has 2 heterocycles. The number of rotatable bonds is 5. The fourth-order valence-corrected chi connectivity index (χ4v) is 4.52. The molecule has 1 atom stereocenters. The Kier molecular flexibility index (Phi) is 5.46. The summed E-state index contributed by atoms with van der Waals surface area (Å²) >= 11 is 1.42. The third-order valence-corrected chi connectivity index (χ3v) is 5.98. The smallest absolute Gasteiger partial charge is 0.279 e. The van der Waals surface area contributed by atoms with Gasteiger partial charge in [0.1, 0.15) is 6.04 Å². The molecule has 0 saturated carbocycles. The summed E-state index contributed by atoms with van der Waals surface area (Å²) in [6, 6.07) is 16.8.